The van der Waals surface area contributed by atoms with Gasteiger partial charge in [-0.3, -0.25) is 9.48 Å². The van der Waals surface area contributed by atoms with Gasteiger partial charge in [0.2, 0.25) is 11.1 Å². The minimum absolute atomic E-state index is 0.258. The second-order valence-electron chi connectivity index (χ2n) is 6.97. The highest BCUT2D eigenvalue weighted by molar-refractivity contribution is 7.98. The number of aromatic nitrogens is 6. The zero-order chi connectivity index (χ0) is 22.5. The predicted molar refractivity (Wildman–Crippen MR) is 121 cm³/mol. The van der Waals surface area contributed by atoms with Crippen molar-refractivity contribution in [3.63, 3.8) is 0 Å². The minimum Gasteiger partial charge on any atom is -0.323 e. The molecule has 4 aromatic rings. The lowest BCUT2D eigenvalue weighted by Gasteiger charge is -2.05. The third kappa shape index (κ3) is 5.09. The lowest BCUT2D eigenvalue weighted by Crippen LogP contribution is -2.07. The molecule has 8 nitrogen and oxygen atoms in total. The fraction of sp³-hybridized carbons (Fsp3) is 0.136. The SMILES string of the molecule is Cn1nnnc1SCc1ccc(NC(=O)C=Cc2cnn(C)c2-c2ccc(F)cc2)cc1. The molecule has 32 heavy (non-hydrogen) atoms. The Morgan fingerprint density at radius 2 is 1.84 bits per heavy atom. The lowest BCUT2D eigenvalue weighted by molar-refractivity contribution is -0.111. The van der Waals surface area contributed by atoms with Gasteiger partial charge < -0.3 is 5.32 Å². The smallest absolute Gasteiger partial charge is 0.248 e. The molecule has 2 aromatic heterocycles. The van der Waals surface area contributed by atoms with Crippen LogP contribution in [0.4, 0.5) is 10.1 Å². The van der Waals surface area contributed by atoms with Crippen LogP contribution in [0.1, 0.15) is 11.1 Å². The zero-order valence-electron chi connectivity index (χ0n) is 17.4. The van der Waals surface area contributed by atoms with Crippen molar-refractivity contribution in [3.05, 3.63) is 77.7 Å². The number of rotatable bonds is 7. The molecule has 0 fully saturated rings. The number of anilines is 1. The molecule has 0 unspecified atom stereocenters. The summed E-state index contributed by atoms with van der Waals surface area (Å²) < 4.78 is 16.6. The van der Waals surface area contributed by atoms with Gasteiger partial charge in [0.1, 0.15) is 5.82 Å². The van der Waals surface area contributed by atoms with Crippen molar-refractivity contribution in [1.29, 1.82) is 0 Å². The van der Waals surface area contributed by atoms with E-state index < -0.39 is 0 Å². The summed E-state index contributed by atoms with van der Waals surface area (Å²) in [5.41, 5.74) is 4.16. The van der Waals surface area contributed by atoms with Gasteiger partial charge in [0.15, 0.2) is 0 Å². The Labute approximate surface area is 188 Å². The number of benzene rings is 2. The molecule has 1 N–H and O–H groups in total. The van der Waals surface area contributed by atoms with Crippen LogP contribution in [-0.4, -0.2) is 35.9 Å². The first-order chi connectivity index (χ1) is 15.5. The van der Waals surface area contributed by atoms with Crippen molar-refractivity contribution >= 4 is 29.4 Å². The van der Waals surface area contributed by atoms with Crippen LogP contribution in [0.25, 0.3) is 17.3 Å². The maximum Gasteiger partial charge on any atom is 0.248 e. The molecule has 0 aliphatic heterocycles. The summed E-state index contributed by atoms with van der Waals surface area (Å²) in [6, 6.07) is 13.8. The Morgan fingerprint density at radius 1 is 1.09 bits per heavy atom. The number of carbonyl (C=O) groups excluding carboxylic acids is 1. The summed E-state index contributed by atoms with van der Waals surface area (Å²) in [6.07, 6.45) is 4.82. The molecule has 0 atom stereocenters. The molecule has 10 heteroatoms. The first kappa shape index (κ1) is 21.4. The van der Waals surface area contributed by atoms with E-state index in [1.54, 1.807) is 47.9 Å². The van der Waals surface area contributed by atoms with Crippen molar-refractivity contribution in [2.24, 2.45) is 14.1 Å². The third-order valence-corrected chi connectivity index (χ3v) is 5.75. The first-order valence-electron chi connectivity index (χ1n) is 9.70. The van der Waals surface area contributed by atoms with Crippen molar-refractivity contribution in [1.82, 2.24) is 30.0 Å². The maximum absolute atomic E-state index is 13.2. The average Bonchev–Trinajstić information content (AvgIpc) is 3.37. The second kappa shape index (κ2) is 9.56. The van der Waals surface area contributed by atoms with Gasteiger partial charge in [-0.05, 0) is 58.5 Å². The second-order valence-corrected chi connectivity index (χ2v) is 7.91. The van der Waals surface area contributed by atoms with E-state index in [4.69, 9.17) is 0 Å². The average molecular weight is 450 g/mol. The highest BCUT2D eigenvalue weighted by Crippen LogP contribution is 2.25. The Morgan fingerprint density at radius 3 is 2.53 bits per heavy atom. The normalized spacial score (nSPS) is 11.2. The Bertz CT molecular complexity index is 1250. The summed E-state index contributed by atoms with van der Waals surface area (Å²) in [6.45, 7) is 0. The highest BCUT2D eigenvalue weighted by Gasteiger charge is 2.10. The van der Waals surface area contributed by atoms with Gasteiger partial charge in [-0.2, -0.15) is 5.10 Å². The molecule has 0 saturated carbocycles. The van der Waals surface area contributed by atoms with Crippen LogP contribution in [0, 0.1) is 5.82 Å². The fourth-order valence-electron chi connectivity index (χ4n) is 3.06. The van der Waals surface area contributed by atoms with E-state index >= 15 is 0 Å². The van der Waals surface area contributed by atoms with Crippen molar-refractivity contribution in [2.75, 3.05) is 5.32 Å². The molecule has 0 aliphatic rings. The topological polar surface area (TPSA) is 90.5 Å². The van der Waals surface area contributed by atoms with Gasteiger partial charge in [-0.15, -0.1) is 5.10 Å². The van der Waals surface area contributed by atoms with Crippen LogP contribution < -0.4 is 5.32 Å². The molecule has 4 rings (SSSR count). The molecule has 0 bridgehead atoms. The number of hydrogen-bond acceptors (Lipinski definition) is 6. The number of aryl methyl sites for hydroxylation is 2. The number of carbonyl (C=O) groups is 1. The van der Waals surface area contributed by atoms with Gasteiger partial charge in [-0.25, -0.2) is 9.07 Å². The van der Waals surface area contributed by atoms with Gasteiger partial charge >= 0.3 is 0 Å². The van der Waals surface area contributed by atoms with Crippen molar-refractivity contribution in [3.8, 4) is 11.3 Å². The quantitative estimate of drug-likeness (QED) is 0.342. The van der Waals surface area contributed by atoms with Gasteiger partial charge in [-0.1, -0.05) is 23.9 Å². The number of nitrogens with one attached hydrogen (secondary N) is 1. The predicted octanol–water partition coefficient (Wildman–Crippen LogP) is 3.69. The van der Waals surface area contributed by atoms with E-state index in [-0.39, 0.29) is 11.7 Å². The number of tetrazole rings is 1. The van der Waals surface area contributed by atoms with E-state index in [1.165, 1.54) is 30.0 Å². The van der Waals surface area contributed by atoms with Crippen LogP contribution in [0.5, 0.6) is 0 Å². The van der Waals surface area contributed by atoms with Crippen molar-refractivity contribution in [2.45, 2.75) is 10.9 Å². The van der Waals surface area contributed by atoms with Gasteiger partial charge in [0.05, 0.1) is 11.9 Å². The molecule has 0 saturated heterocycles. The number of nitrogens with zero attached hydrogens (tertiary/aromatic N) is 6. The van der Waals surface area contributed by atoms with Crippen molar-refractivity contribution < 1.29 is 9.18 Å². The van der Waals surface area contributed by atoms with E-state index in [2.05, 4.69) is 25.9 Å². The molecule has 0 spiro atoms. The first-order valence-corrected chi connectivity index (χ1v) is 10.7. The largest absolute Gasteiger partial charge is 0.323 e. The highest BCUT2D eigenvalue weighted by atomic mass is 32.2. The molecule has 2 aromatic carbocycles. The lowest BCUT2D eigenvalue weighted by atomic mass is 10.1. The van der Waals surface area contributed by atoms with Gasteiger partial charge in [0, 0.05) is 42.7 Å². The molecule has 0 aliphatic carbocycles. The number of halogens is 1. The summed E-state index contributed by atoms with van der Waals surface area (Å²) in [7, 11) is 3.60. The standard InChI is InChI=1S/C22H20FN7OS/c1-29-21(16-5-8-18(23)9-6-16)17(13-24-29)7-12-20(31)25-19-10-3-15(4-11-19)14-32-22-26-27-28-30(22)2/h3-13H,14H2,1-2H3,(H,25,31). The van der Waals surface area contributed by atoms with E-state index in [1.807, 2.05) is 24.3 Å². The minimum atomic E-state index is -0.303. The van der Waals surface area contributed by atoms with E-state index in [0.29, 0.717) is 5.69 Å². The summed E-state index contributed by atoms with van der Waals surface area (Å²) in [5, 5.41) is 19.2. The molecule has 0 radical (unpaired) electrons. The molecule has 1 amide bonds. The number of thioether (sulfide) groups is 1. The molecular weight excluding hydrogens is 429 g/mol. The Kier molecular flexibility index (Phi) is 6.41. The zero-order valence-corrected chi connectivity index (χ0v) is 18.3. The number of amides is 1. The fourth-order valence-corrected chi connectivity index (χ4v) is 3.87. The van der Waals surface area contributed by atoms with E-state index in [0.717, 1.165) is 33.3 Å². The third-order valence-electron chi connectivity index (χ3n) is 4.67. The monoisotopic (exact) mass is 449 g/mol. The molecular formula is C22H20FN7OS. The van der Waals surface area contributed by atoms with Gasteiger partial charge in [0.25, 0.3) is 0 Å². The van der Waals surface area contributed by atoms with Crippen LogP contribution in [-0.2, 0) is 24.6 Å². The Balaban J connectivity index is 1.38. The Hall–Kier alpha value is -3.79. The van der Waals surface area contributed by atoms with Crippen LogP contribution in [0.15, 0.2) is 66.0 Å². The summed E-state index contributed by atoms with van der Waals surface area (Å²) in [4.78, 5) is 12.4. The molecule has 2 heterocycles. The van der Waals surface area contributed by atoms with Crippen LogP contribution >= 0.6 is 11.8 Å². The summed E-state index contributed by atoms with van der Waals surface area (Å²) >= 11 is 1.53. The number of hydrogen-bond donors (Lipinski definition) is 1. The van der Waals surface area contributed by atoms with E-state index in [9.17, 15) is 9.18 Å². The molecule has 162 valence electrons. The van der Waals surface area contributed by atoms with Crippen LogP contribution in [0.3, 0.4) is 0 Å². The maximum atomic E-state index is 13.2. The summed E-state index contributed by atoms with van der Waals surface area (Å²) in [5.74, 6) is 0.157. The van der Waals surface area contributed by atoms with Crippen LogP contribution in [0.2, 0.25) is 0 Å².